The van der Waals surface area contributed by atoms with Gasteiger partial charge in [0, 0.05) is 26.5 Å². The molecular formula is C15H16O3S3. The predicted molar refractivity (Wildman–Crippen MR) is 88.4 cm³/mol. The third kappa shape index (κ3) is 4.18. The molecule has 2 rings (SSSR count). The minimum absolute atomic E-state index is 0.106. The fraction of sp³-hybridized carbons (Fsp3) is 0.267. The number of rotatable bonds is 5. The third-order valence-electron chi connectivity index (χ3n) is 2.96. The fourth-order valence-electron chi connectivity index (χ4n) is 1.92. The molecule has 0 spiro atoms. The normalized spacial score (nSPS) is 11.6. The van der Waals surface area contributed by atoms with Crippen molar-refractivity contribution in [3.05, 3.63) is 45.6 Å². The molecule has 0 fully saturated rings. The molecule has 0 N–H and O–H groups in total. The maximum atomic E-state index is 12.2. The van der Waals surface area contributed by atoms with Gasteiger partial charge in [-0.25, -0.2) is 8.42 Å². The van der Waals surface area contributed by atoms with Crippen molar-refractivity contribution in [2.75, 3.05) is 12.0 Å². The molecule has 0 amide bonds. The Morgan fingerprint density at radius 1 is 1.19 bits per heavy atom. The lowest BCUT2D eigenvalue weighted by Gasteiger charge is -2.03. The van der Waals surface area contributed by atoms with Gasteiger partial charge in [0.1, 0.15) is 0 Å². The predicted octanol–water partition coefficient (Wildman–Crippen LogP) is 3.74. The first kappa shape index (κ1) is 16.3. The van der Waals surface area contributed by atoms with Crippen molar-refractivity contribution >= 4 is 38.7 Å². The molecule has 21 heavy (non-hydrogen) atoms. The van der Waals surface area contributed by atoms with Crippen molar-refractivity contribution in [2.24, 2.45) is 0 Å². The summed E-state index contributed by atoms with van der Waals surface area (Å²) in [7, 11) is -3.17. The highest BCUT2D eigenvalue weighted by atomic mass is 32.2. The van der Waals surface area contributed by atoms with Gasteiger partial charge in [0.05, 0.1) is 10.6 Å². The van der Waals surface area contributed by atoms with E-state index in [4.69, 9.17) is 0 Å². The standard InChI is InChI=1S/C15H16O3S3/c1-10-8-14(11(2)20-10)15(16)9-19-12-4-6-13(7-5-12)21(3,17)18/h4-8H,9H2,1-3H3. The van der Waals surface area contributed by atoms with Crippen molar-refractivity contribution in [3.63, 3.8) is 0 Å². The van der Waals surface area contributed by atoms with Gasteiger partial charge in [-0.1, -0.05) is 0 Å². The highest BCUT2D eigenvalue weighted by Gasteiger charge is 2.13. The maximum absolute atomic E-state index is 12.2. The molecular weight excluding hydrogens is 324 g/mol. The van der Waals surface area contributed by atoms with Crippen LogP contribution in [0.3, 0.4) is 0 Å². The van der Waals surface area contributed by atoms with E-state index in [1.54, 1.807) is 35.6 Å². The van der Waals surface area contributed by atoms with E-state index in [2.05, 4.69) is 0 Å². The Bertz CT molecular complexity index is 756. The lowest BCUT2D eigenvalue weighted by Crippen LogP contribution is -2.02. The first-order valence-corrected chi connectivity index (χ1v) is 10.00. The zero-order valence-corrected chi connectivity index (χ0v) is 14.5. The zero-order valence-electron chi connectivity index (χ0n) is 12.0. The zero-order chi connectivity index (χ0) is 15.6. The topological polar surface area (TPSA) is 51.2 Å². The van der Waals surface area contributed by atoms with Gasteiger partial charge in [-0.2, -0.15) is 0 Å². The van der Waals surface area contributed by atoms with Crippen LogP contribution in [0.25, 0.3) is 0 Å². The van der Waals surface area contributed by atoms with E-state index < -0.39 is 9.84 Å². The number of ketones is 1. The van der Waals surface area contributed by atoms with Crippen LogP contribution in [0, 0.1) is 13.8 Å². The monoisotopic (exact) mass is 340 g/mol. The summed E-state index contributed by atoms with van der Waals surface area (Å²) in [5, 5.41) is 0. The Hall–Kier alpha value is -1.11. The minimum atomic E-state index is -3.17. The van der Waals surface area contributed by atoms with Gasteiger partial charge >= 0.3 is 0 Å². The number of hydrogen-bond donors (Lipinski definition) is 0. The van der Waals surface area contributed by atoms with E-state index in [0.717, 1.165) is 20.2 Å². The molecule has 3 nitrogen and oxygen atoms in total. The molecule has 1 heterocycles. The van der Waals surface area contributed by atoms with Gasteiger partial charge in [-0.15, -0.1) is 23.1 Å². The summed E-state index contributed by atoms with van der Waals surface area (Å²) in [6.07, 6.45) is 1.18. The van der Waals surface area contributed by atoms with Crippen LogP contribution in [0.15, 0.2) is 40.1 Å². The molecule has 0 saturated carbocycles. The maximum Gasteiger partial charge on any atom is 0.175 e. The van der Waals surface area contributed by atoms with E-state index in [1.165, 1.54) is 18.0 Å². The Kier molecular flexibility index (Phi) is 4.91. The van der Waals surface area contributed by atoms with Crippen LogP contribution in [-0.2, 0) is 9.84 Å². The number of aryl methyl sites for hydroxylation is 2. The summed E-state index contributed by atoms with van der Waals surface area (Å²) in [6.45, 7) is 3.95. The summed E-state index contributed by atoms with van der Waals surface area (Å²) in [5.41, 5.74) is 0.790. The van der Waals surface area contributed by atoms with Crippen LogP contribution >= 0.6 is 23.1 Å². The van der Waals surface area contributed by atoms with Crippen LogP contribution in [0.4, 0.5) is 0 Å². The van der Waals surface area contributed by atoms with Crippen molar-refractivity contribution in [1.82, 2.24) is 0 Å². The molecule has 0 aliphatic rings. The molecule has 0 radical (unpaired) electrons. The quantitative estimate of drug-likeness (QED) is 0.614. The Morgan fingerprint density at radius 3 is 2.29 bits per heavy atom. The minimum Gasteiger partial charge on any atom is -0.293 e. The second-order valence-corrected chi connectivity index (χ2v) is 9.31. The Balaban J connectivity index is 2.03. The van der Waals surface area contributed by atoms with Crippen LogP contribution in [-0.4, -0.2) is 26.2 Å². The third-order valence-corrected chi connectivity index (χ3v) is 6.07. The summed E-state index contributed by atoms with van der Waals surface area (Å²) in [6, 6.07) is 8.54. The number of hydrogen-bond acceptors (Lipinski definition) is 5. The first-order chi connectivity index (χ1) is 9.77. The molecule has 0 aliphatic carbocycles. The molecule has 1 aromatic heterocycles. The van der Waals surface area contributed by atoms with E-state index in [9.17, 15) is 13.2 Å². The first-order valence-electron chi connectivity index (χ1n) is 6.30. The van der Waals surface area contributed by atoms with Gasteiger partial charge < -0.3 is 0 Å². The van der Waals surface area contributed by atoms with E-state index in [1.807, 2.05) is 19.9 Å². The highest BCUT2D eigenvalue weighted by molar-refractivity contribution is 8.00. The van der Waals surface area contributed by atoms with Crippen molar-refractivity contribution in [2.45, 2.75) is 23.6 Å². The van der Waals surface area contributed by atoms with E-state index in [-0.39, 0.29) is 5.78 Å². The van der Waals surface area contributed by atoms with Crippen LogP contribution in [0.5, 0.6) is 0 Å². The molecule has 112 valence electrons. The Morgan fingerprint density at radius 2 is 1.81 bits per heavy atom. The van der Waals surface area contributed by atoms with E-state index >= 15 is 0 Å². The number of thioether (sulfide) groups is 1. The molecule has 0 bridgehead atoms. The van der Waals surface area contributed by atoms with Gasteiger partial charge in [0.25, 0.3) is 0 Å². The van der Waals surface area contributed by atoms with Gasteiger partial charge in [-0.05, 0) is 44.2 Å². The smallest absolute Gasteiger partial charge is 0.175 e. The van der Waals surface area contributed by atoms with Crippen LogP contribution in [0.2, 0.25) is 0 Å². The lowest BCUT2D eigenvalue weighted by atomic mass is 10.2. The molecule has 0 aliphatic heterocycles. The molecule has 0 unspecified atom stereocenters. The SMILES string of the molecule is Cc1cc(C(=O)CSc2ccc(S(C)(=O)=O)cc2)c(C)s1. The highest BCUT2D eigenvalue weighted by Crippen LogP contribution is 2.25. The molecule has 6 heteroatoms. The largest absolute Gasteiger partial charge is 0.293 e. The summed E-state index contributed by atoms with van der Waals surface area (Å²) < 4.78 is 22.8. The average Bonchev–Trinajstić information content (AvgIpc) is 2.74. The van der Waals surface area contributed by atoms with Gasteiger partial charge in [-0.3, -0.25) is 4.79 Å². The number of Topliss-reactive ketones (excluding diaryl/α,β-unsaturated/α-hetero) is 1. The van der Waals surface area contributed by atoms with Crippen molar-refractivity contribution < 1.29 is 13.2 Å². The van der Waals surface area contributed by atoms with Crippen molar-refractivity contribution in [1.29, 1.82) is 0 Å². The molecule has 2 aromatic rings. The molecule has 0 saturated heterocycles. The number of benzene rings is 1. The number of thiophene rings is 1. The van der Waals surface area contributed by atoms with E-state index in [0.29, 0.717) is 10.6 Å². The van der Waals surface area contributed by atoms with Crippen LogP contribution in [0.1, 0.15) is 20.1 Å². The number of carbonyl (C=O) groups is 1. The summed E-state index contributed by atoms with van der Waals surface area (Å²) >= 11 is 3.05. The second-order valence-electron chi connectivity index (χ2n) is 4.78. The second kappa shape index (κ2) is 6.34. The number of carbonyl (C=O) groups excluding carboxylic acids is 1. The van der Waals surface area contributed by atoms with Gasteiger partial charge in [0.2, 0.25) is 0 Å². The van der Waals surface area contributed by atoms with Crippen LogP contribution < -0.4 is 0 Å². The lowest BCUT2D eigenvalue weighted by molar-refractivity contribution is 0.102. The number of sulfone groups is 1. The summed E-state index contributed by atoms with van der Waals surface area (Å²) in [4.78, 5) is 15.5. The van der Waals surface area contributed by atoms with Gasteiger partial charge in [0.15, 0.2) is 15.6 Å². The molecule has 1 aromatic carbocycles. The summed E-state index contributed by atoms with van der Waals surface area (Å²) in [5.74, 6) is 0.462. The van der Waals surface area contributed by atoms with Crippen molar-refractivity contribution in [3.8, 4) is 0 Å². The average molecular weight is 340 g/mol. The Labute approximate surface area is 133 Å². The fourth-order valence-corrected chi connectivity index (χ4v) is 4.27. The molecule has 0 atom stereocenters.